The van der Waals surface area contributed by atoms with Crippen molar-refractivity contribution >= 4 is 5.84 Å². The molecule has 6 heteroatoms. The van der Waals surface area contributed by atoms with Crippen molar-refractivity contribution in [3.63, 3.8) is 0 Å². The van der Waals surface area contributed by atoms with Gasteiger partial charge in [0.1, 0.15) is 11.6 Å². The summed E-state index contributed by atoms with van der Waals surface area (Å²) in [6.07, 6.45) is 1.46. The third kappa shape index (κ3) is 2.73. The highest BCUT2D eigenvalue weighted by atomic mass is 19.1. The average Bonchev–Trinajstić information content (AvgIpc) is 2.41. The second-order valence-electron chi connectivity index (χ2n) is 3.42. The van der Waals surface area contributed by atoms with E-state index in [1.165, 1.54) is 36.5 Å². The number of ether oxygens (including phenoxy) is 1. The number of rotatable bonds is 3. The predicted octanol–water partition coefficient (Wildman–Crippen LogP) is 2.11. The standard InChI is InChI=1S/C12H10FN3O2/c13-9-1-3-10(4-2-9)18-11-7-8(5-6-15-11)12(14)16-17/h1-7,17H,(H2,14,16). The number of nitrogens with zero attached hydrogens (tertiary/aromatic N) is 2. The summed E-state index contributed by atoms with van der Waals surface area (Å²) in [6.45, 7) is 0. The monoisotopic (exact) mass is 247 g/mol. The van der Waals surface area contributed by atoms with E-state index in [1.807, 2.05) is 0 Å². The normalized spacial score (nSPS) is 11.3. The van der Waals surface area contributed by atoms with Gasteiger partial charge in [0.05, 0.1) is 0 Å². The molecule has 0 amide bonds. The van der Waals surface area contributed by atoms with E-state index in [9.17, 15) is 4.39 Å². The maximum absolute atomic E-state index is 12.7. The molecular weight excluding hydrogens is 237 g/mol. The molecule has 0 saturated carbocycles. The molecule has 18 heavy (non-hydrogen) atoms. The van der Waals surface area contributed by atoms with Gasteiger partial charge in [-0.2, -0.15) is 0 Å². The Kier molecular flexibility index (Phi) is 3.38. The van der Waals surface area contributed by atoms with E-state index in [0.717, 1.165) is 0 Å². The van der Waals surface area contributed by atoms with Crippen LogP contribution in [0.3, 0.4) is 0 Å². The number of pyridine rings is 1. The maximum atomic E-state index is 12.7. The molecule has 2 rings (SSSR count). The van der Waals surface area contributed by atoms with Crippen LogP contribution in [0.5, 0.6) is 11.6 Å². The molecule has 0 fully saturated rings. The smallest absolute Gasteiger partial charge is 0.219 e. The lowest BCUT2D eigenvalue weighted by Crippen LogP contribution is -2.13. The number of oxime groups is 1. The summed E-state index contributed by atoms with van der Waals surface area (Å²) in [5, 5.41) is 11.4. The highest BCUT2D eigenvalue weighted by Gasteiger charge is 2.03. The molecule has 1 heterocycles. The van der Waals surface area contributed by atoms with Gasteiger partial charge in [-0.05, 0) is 30.3 Å². The molecule has 3 N–H and O–H groups in total. The van der Waals surface area contributed by atoms with Crippen LogP contribution in [-0.2, 0) is 0 Å². The van der Waals surface area contributed by atoms with Crippen LogP contribution in [0.1, 0.15) is 5.56 Å². The molecule has 1 aromatic carbocycles. The summed E-state index contributed by atoms with van der Waals surface area (Å²) in [5.74, 6) is 0.327. The van der Waals surface area contributed by atoms with Crippen LogP contribution in [0, 0.1) is 5.82 Å². The molecule has 92 valence electrons. The van der Waals surface area contributed by atoms with Crippen molar-refractivity contribution in [2.24, 2.45) is 10.9 Å². The number of aromatic nitrogens is 1. The third-order valence-corrected chi connectivity index (χ3v) is 2.17. The van der Waals surface area contributed by atoms with Crippen LogP contribution in [0.25, 0.3) is 0 Å². The second kappa shape index (κ2) is 5.13. The lowest BCUT2D eigenvalue weighted by Gasteiger charge is -2.05. The average molecular weight is 247 g/mol. The van der Waals surface area contributed by atoms with Crippen molar-refractivity contribution in [2.75, 3.05) is 0 Å². The summed E-state index contributed by atoms with van der Waals surface area (Å²) in [7, 11) is 0. The van der Waals surface area contributed by atoms with E-state index in [4.69, 9.17) is 15.7 Å². The Balaban J connectivity index is 2.22. The van der Waals surface area contributed by atoms with Crippen molar-refractivity contribution in [3.05, 3.63) is 54.0 Å². The van der Waals surface area contributed by atoms with Crippen LogP contribution in [0.15, 0.2) is 47.8 Å². The topological polar surface area (TPSA) is 80.7 Å². The highest BCUT2D eigenvalue weighted by molar-refractivity contribution is 5.97. The van der Waals surface area contributed by atoms with Gasteiger partial charge in [-0.3, -0.25) is 0 Å². The summed E-state index contributed by atoms with van der Waals surface area (Å²) >= 11 is 0. The largest absolute Gasteiger partial charge is 0.439 e. The zero-order valence-electron chi connectivity index (χ0n) is 9.25. The molecule has 0 aliphatic carbocycles. The number of hydrogen-bond donors (Lipinski definition) is 2. The second-order valence-corrected chi connectivity index (χ2v) is 3.42. The van der Waals surface area contributed by atoms with Crippen molar-refractivity contribution in [1.82, 2.24) is 4.98 Å². The number of hydrogen-bond acceptors (Lipinski definition) is 4. The van der Waals surface area contributed by atoms with Gasteiger partial charge in [-0.15, -0.1) is 0 Å². The Labute approximate surface area is 102 Å². The third-order valence-electron chi connectivity index (χ3n) is 2.17. The lowest BCUT2D eigenvalue weighted by molar-refractivity contribution is 0.318. The number of nitrogens with two attached hydrogens (primary N) is 1. The van der Waals surface area contributed by atoms with Gasteiger partial charge in [-0.1, -0.05) is 5.16 Å². The molecule has 0 radical (unpaired) electrons. The zero-order chi connectivity index (χ0) is 13.0. The van der Waals surface area contributed by atoms with Gasteiger partial charge >= 0.3 is 0 Å². The molecule has 5 nitrogen and oxygen atoms in total. The van der Waals surface area contributed by atoms with Crippen LogP contribution >= 0.6 is 0 Å². The molecule has 0 bridgehead atoms. The van der Waals surface area contributed by atoms with Gasteiger partial charge in [0.15, 0.2) is 5.84 Å². The Morgan fingerprint density at radius 2 is 2.00 bits per heavy atom. The maximum Gasteiger partial charge on any atom is 0.219 e. The first-order chi connectivity index (χ1) is 8.69. The van der Waals surface area contributed by atoms with Crippen molar-refractivity contribution in [2.45, 2.75) is 0 Å². The number of amidine groups is 1. The Bertz CT molecular complexity index is 570. The summed E-state index contributed by atoms with van der Waals surface area (Å²) in [4.78, 5) is 3.97. The van der Waals surface area contributed by atoms with E-state index in [1.54, 1.807) is 6.07 Å². The molecule has 2 aromatic rings. The van der Waals surface area contributed by atoms with Gasteiger partial charge < -0.3 is 15.7 Å². The van der Waals surface area contributed by atoms with Gasteiger partial charge in [0.2, 0.25) is 5.88 Å². The molecule has 0 saturated heterocycles. The number of halogens is 1. The first-order valence-corrected chi connectivity index (χ1v) is 5.06. The first-order valence-electron chi connectivity index (χ1n) is 5.06. The molecule has 0 aliphatic rings. The Morgan fingerprint density at radius 3 is 2.67 bits per heavy atom. The molecule has 1 aromatic heterocycles. The molecule has 0 atom stereocenters. The summed E-state index contributed by atoms with van der Waals surface area (Å²) < 4.78 is 18.1. The fourth-order valence-corrected chi connectivity index (χ4v) is 1.31. The zero-order valence-corrected chi connectivity index (χ0v) is 9.25. The number of benzene rings is 1. The van der Waals surface area contributed by atoms with E-state index >= 15 is 0 Å². The van der Waals surface area contributed by atoms with E-state index in [0.29, 0.717) is 11.3 Å². The fraction of sp³-hybridized carbons (Fsp3) is 0. The van der Waals surface area contributed by atoms with Crippen LogP contribution < -0.4 is 10.5 Å². The molecule has 0 unspecified atom stereocenters. The van der Waals surface area contributed by atoms with Gasteiger partial charge in [0, 0.05) is 17.8 Å². The SMILES string of the molecule is N/C(=N\O)c1ccnc(Oc2ccc(F)cc2)c1. The quantitative estimate of drug-likeness (QED) is 0.376. The molecule has 0 spiro atoms. The summed E-state index contributed by atoms with van der Waals surface area (Å²) in [5.41, 5.74) is 5.92. The lowest BCUT2D eigenvalue weighted by atomic mass is 10.2. The fourth-order valence-electron chi connectivity index (χ4n) is 1.31. The Hall–Kier alpha value is -2.63. The van der Waals surface area contributed by atoms with Crippen molar-refractivity contribution in [1.29, 1.82) is 0 Å². The van der Waals surface area contributed by atoms with Crippen LogP contribution in [0.4, 0.5) is 4.39 Å². The van der Waals surface area contributed by atoms with Gasteiger partial charge in [0.25, 0.3) is 0 Å². The molecule has 0 aliphatic heterocycles. The first kappa shape index (κ1) is 11.8. The van der Waals surface area contributed by atoms with E-state index in [-0.39, 0.29) is 17.5 Å². The highest BCUT2D eigenvalue weighted by Crippen LogP contribution is 2.20. The van der Waals surface area contributed by atoms with E-state index in [2.05, 4.69) is 10.1 Å². The predicted molar refractivity (Wildman–Crippen MR) is 63.2 cm³/mol. The molecular formula is C12H10FN3O2. The summed E-state index contributed by atoms with van der Waals surface area (Å²) in [6, 6.07) is 8.61. The Morgan fingerprint density at radius 1 is 1.28 bits per heavy atom. The van der Waals surface area contributed by atoms with Crippen molar-refractivity contribution < 1.29 is 14.3 Å². The minimum absolute atomic E-state index is 0.0404. The van der Waals surface area contributed by atoms with Gasteiger partial charge in [-0.25, -0.2) is 9.37 Å². The minimum Gasteiger partial charge on any atom is -0.439 e. The minimum atomic E-state index is -0.347. The van der Waals surface area contributed by atoms with Crippen molar-refractivity contribution in [3.8, 4) is 11.6 Å². The van der Waals surface area contributed by atoms with E-state index < -0.39 is 0 Å². The van der Waals surface area contributed by atoms with Crippen LogP contribution in [0.2, 0.25) is 0 Å². The van der Waals surface area contributed by atoms with Crippen LogP contribution in [-0.4, -0.2) is 16.0 Å².